The molecule has 2 aromatic carbocycles. The highest BCUT2D eigenvalue weighted by Crippen LogP contribution is 2.27. The molecule has 130 valence electrons. The van der Waals surface area contributed by atoms with Gasteiger partial charge in [-0.1, -0.05) is 34.1 Å². The van der Waals surface area contributed by atoms with Crippen LogP contribution >= 0.6 is 15.9 Å². The van der Waals surface area contributed by atoms with Gasteiger partial charge in [0.25, 0.3) is 11.8 Å². The number of halogens is 1. The van der Waals surface area contributed by atoms with Crippen LogP contribution in [-0.2, 0) is 16.1 Å². The van der Waals surface area contributed by atoms with E-state index in [1.165, 1.54) is 5.01 Å². The smallest absolute Gasteiger partial charge is 0.282 e. The maximum Gasteiger partial charge on any atom is 0.282 e. The summed E-state index contributed by atoms with van der Waals surface area (Å²) in [6, 6.07) is 15.2. The molecule has 6 heteroatoms. The zero-order valence-electron chi connectivity index (χ0n) is 14.1. The maximum atomic E-state index is 12.8. The SMILES string of the molecule is CCn1cc(/C=C2/C(=O)NN(c3ccc(Br)cc3)C2=O)c2ccccc21. The summed E-state index contributed by atoms with van der Waals surface area (Å²) in [5.41, 5.74) is 5.32. The zero-order chi connectivity index (χ0) is 18.3. The first-order chi connectivity index (χ1) is 12.6. The van der Waals surface area contributed by atoms with Crippen molar-refractivity contribution in [3.8, 4) is 0 Å². The molecular formula is C20H16BrN3O2. The van der Waals surface area contributed by atoms with Gasteiger partial charge in [0.05, 0.1) is 5.69 Å². The van der Waals surface area contributed by atoms with Crippen LogP contribution in [0, 0.1) is 0 Å². The summed E-state index contributed by atoms with van der Waals surface area (Å²) in [5, 5.41) is 2.30. The molecule has 0 radical (unpaired) electrons. The molecule has 26 heavy (non-hydrogen) atoms. The van der Waals surface area contributed by atoms with E-state index in [1.54, 1.807) is 18.2 Å². The van der Waals surface area contributed by atoms with Crippen LogP contribution in [0.1, 0.15) is 12.5 Å². The summed E-state index contributed by atoms with van der Waals surface area (Å²) in [7, 11) is 0. The molecule has 0 spiro atoms. The first-order valence-electron chi connectivity index (χ1n) is 8.29. The number of para-hydroxylation sites is 1. The number of benzene rings is 2. The Balaban J connectivity index is 1.75. The molecule has 0 unspecified atom stereocenters. The fraction of sp³-hybridized carbons (Fsp3) is 0.100. The van der Waals surface area contributed by atoms with E-state index in [9.17, 15) is 9.59 Å². The van der Waals surface area contributed by atoms with Crippen molar-refractivity contribution in [2.24, 2.45) is 0 Å². The van der Waals surface area contributed by atoms with Crippen molar-refractivity contribution in [3.05, 3.63) is 70.3 Å². The second-order valence-corrected chi connectivity index (χ2v) is 6.92. The fourth-order valence-corrected chi connectivity index (χ4v) is 3.40. The molecule has 1 aromatic heterocycles. The molecular weight excluding hydrogens is 394 g/mol. The van der Waals surface area contributed by atoms with E-state index >= 15 is 0 Å². The van der Waals surface area contributed by atoms with Crippen LogP contribution in [0.15, 0.2) is 64.8 Å². The van der Waals surface area contributed by atoms with Crippen LogP contribution in [0.2, 0.25) is 0 Å². The lowest BCUT2D eigenvalue weighted by Gasteiger charge is -2.14. The average molecular weight is 410 g/mol. The van der Waals surface area contributed by atoms with Crippen molar-refractivity contribution in [2.75, 3.05) is 5.01 Å². The molecule has 1 N–H and O–H groups in total. The first-order valence-corrected chi connectivity index (χ1v) is 9.08. The van der Waals surface area contributed by atoms with E-state index in [4.69, 9.17) is 0 Å². The average Bonchev–Trinajstić information content (AvgIpc) is 3.15. The van der Waals surface area contributed by atoms with E-state index in [2.05, 4.69) is 32.8 Å². The lowest BCUT2D eigenvalue weighted by Crippen LogP contribution is -2.35. The third-order valence-electron chi connectivity index (χ3n) is 4.44. The van der Waals surface area contributed by atoms with Gasteiger partial charge in [0.2, 0.25) is 0 Å². The Morgan fingerprint density at radius 3 is 2.54 bits per heavy atom. The van der Waals surface area contributed by atoms with Crippen LogP contribution in [0.5, 0.6) is 0 Å². The summed E-state index contributed by atoms with van der Waals surface area (Å²) < 4.78 is 3.01. The Hall–Kier alpha value is -2.86. The number of nitrogens with zero attached hydrogens (tertiary/aromatic N) is 2. The molecule has 0 aliphatic carbocycles. The number of hydrogen-bond donors (Lipinski definition) is 1. The summed E-state index contributed by atoms with van der Waals surface area (Å²) >= 11 is 3.36. The monoisotopic (exact) mass is 409 g/mol. The highest BCUT2D eigenvalue weighted by molar-refractivity contribution is 9.10. The van der Waals surface area contributed by atoms with Crippen molar-refractivity contribution >= 4 is 50.4 Å². The van der Waals surface area contributed by atoms with E-state index in [1.807, 2.05) is 42.6 Å². The number of hydrazine groups is 1. The third kappa shape index (κ3) is 2.72. The molecule has 4 rings (SSSR count). The van der Waals surface area contributed by atoms with Gasteiger partial charge in [0, 0.05) is 33.7 Å². The quantitative estimate of drug-likeness (QED) is 0.526. The Bertz CT molecular complexity index is 1050. The predicted molar refractivity (Wildman–Crippen MR) is 105 cm³/mol. The Labute approximate surface area is 159 Å². The van der Waals surface area contributed by atoms with Gasteiger partial charge in [-0.2, -0.15) is 0 Å². The second kappa shape index (κ2) is 6.46. The van der Waals surface area contributed by atoms with Gasteiger partial charge in [-0.3, -0.25) is 15.0 Å². The molecule has 0 atom stereocenters. The molecule has 0 saturated carbocycles. The van der Waals surface area contributed by atoms with Gasteiger partial charge >= 0.3 is 0 Å². The largest absolute Gasteiger partial charge is 0.347 e. The van der Waals surface area contributed by atoms with Crippen LogP contribution < -0.4 is 10.4 Å². The summed E-state index contributed by atoms with van der Waals surface area (Å²) in [5.74, 6) is -0.753. The number of aryl methyl sites for hydroxylation is 1. The fourth-order valence-electron chi connectivity index (χ4n) is 3.14. The van der Waals surface area contributed by atoms with Gasteiger partial charge in [-0.15, -0.1) is 0 Å². The number of hydrogen-bond acceptors (Lipinski definition) is 2. The Kier molecular flexibility index (Phi) is 4.12. The van der Waals surface area contributed by atoms with Gasteiger partial charge < -0.3 is 4.57 Å². The molecule has 3 aromatic rings. The number of rotatable bonds is 3. The van der Waals surface area contributed by atoms with E-state index in [0.29, 0.717) is 5.69 Å². The minimum Gasteiger partial charge on any atom is -0.347 e. The normalized spacial score (nSPS) is 15.9. The van der Waals surface area contributed by atoms with Crippen molar-refractivity contribution < 1.29 is 9.59 Å². The van der Waals surface area contributed by atoms with E-state index < -0.39 is 5.91 Å². The molecule has 1 aliphatic heterocycles. The van der Waals surface area contributed by atoms with Crippen molar-refractivity contribution in [2.45, 2.75) is 13.5 Å². The highest BCUT2D eigenvalue weighted by Gasteiger charge is 2.34. The summed E-state index contributed by atoms with van der Waals surface area (Å²) in [4.78, 5) is 25.2. The van der Waals surface area contributed by atoms with Crippen LogP contribution in [-0.4, -0.2) is 16.4 Å². The molecule has 1 saturated heterocycles. The summed E-state index contributed by atoms with van der Waals surface area (Å²) in [6.07, 6.45) is 3.64. The van der Waals surface area contributed by atoms with Crippen LogP contribution in [0.25, 0.3) is 17.0 Å². The minimum atomic E-state index is -0.397. The van der Waals surface area contributed by atoms with Crippen molar-refractivity contribution in [1.29, 1.82) is 0 Å². The maximum absolute atomic E-state index is 12.8. The molecule has 2 heterocycles. The number of carbonyl (C=O) groups excluding carboxylic acids is 2. The number of amides is 2. The standard InChI is InChI=1S/C20H16BrN3O2/c1-2-23-12-13(16-5-3-4-6-18(16)23)11-17-19(25)22-24(20(17)26)15-9-7-14(21)8-10-15/h3-12H,2H2,1H3,(H,22,25)/b17-11-. The minimum absolute atomic E-state index is 0.131. The van der Waals surface area contributed by atoms with Crippen LogP contribution in [0.4, 0.5) is 5.69 Å². The summed E-state index contributed by atoms with van der Waals surface area (Å²) in [6.45, 7) is 2.88. The van der Waals surface area contributed by atoms with Crippen molar-refractivity contribution in [1.82, 2.24) is 9.99 Å². The van der Waals surface area contributed by atoms with Gasteiger partial charge in [-0.25, -0.2) is 5.01 Å². The predicted octanol–water partition coefficient (Wildman–Crippen LogP) is 3.89. The van der Waals surface area contributed by atoms with Gasteiger partial charge in [0.15, 0.2) is 0 Å². The van der Waals surface area contributed by atoms with E-state index in [-0.39, 0.29) is 11.5 Å². The molecule has 5 nitrogen and oxygen atoms in total. The lowest BCUT2D eigenvalue weighted by atomic mass is 10.1. The Morgan fingerprint density at radius 1 is 1.08 bits per heavy atom. The molecule has 1 fully saturated rings. The number of nitrogens with one attached hydrogen (secondary N) is 1. The first kappa shape index (κ1) is 16.6. The van der Waals surface area contributed by atoms with Crippen molar-refractivity contribution in [3.63, 3.8) is 0 Å². The third-order valence-corrected chi connectivity index (χ3v) is 4.96. The van der Waals surface area contributed by atoms with Crippen LogP contribution in [0.3, 0.4) is 0 Å². The number of aromatic nitrogens is 1. The molecule has 2 amide bonds. The van der Waals surface area contributed by atoms with E-state index in [0.717, 1.165) is 27.5 Å². The van der Waals surface area contributed by atoms with Gasteiger partial charge in [0.1, 0.15) is 5.57 Å². The zero-order valence-corrected chi connectivity index (χ0v) is 15.7. The van der Waals surface area contributed by atoms with Gasteiger partial charge in [-0.05, 0) is 43.3 Å². The number of fused-ring (bicyclic) bond motifs is 1. The topological polar surface area (TPSA) is 54.3 Å². The molecule has 1 aliphatic rings. The lowest BCUT2D eigenvalue weighted by molar-refractivity contribution is -0.117. The Morgan fingerprint density at radius 2 is 1.81 bits per heavy atom. The number of anilines is 1. The highest BCUT2D eigenvalue weighted by atomic mass is 79.9. The molecule has 0 bridgehead atoms. The second-order valence-electron chi connectivity index (χ2n) is 6.00. The number of carbonyl (C=O) groups is 2.